The van der Waals surface area contributed by atoms with Gasteiger partial charge < -0.3 is 19.9 Å². The Kier molecular flexibility index (Phi) is 6.17. The lowest BCUT2D eigenvalue weighted by molar-refractivity contribution is 0.0746. The Bertz CT molecular complexity index is 1130. The largest absolute Gasteiger partial charge is 0.497 e. The number of amides is 1. The first-order chi connectivity index (χ1) is 15.6. The van der Waals surface area contributed by atoms with Crippen LogP contribution in [0.15, 0.2) is 54.6 Å². The molecule has 32 heavy (non-hydrogen) atoms. The highest BCUT2D eigenvalue weighted by Crippen LogP contribution is 2.22. The number of anilines is 3. The summed E-state index contributed by atoms with van der Waals surface area (Å²) in [6, 6.07) is 18.4. The highest BCUT2D eigenvalue weighted by Gasteiger charge is 2.24. The highest BCUT2D eigenvalue weighted by molar-refractivity contribution is 5.94. The molecule has 1 aliphatic rings. The third kappa shape index (κ3) is 4.78. The van der Waals surface area contributed by atoms with Gasteiger partial charge in [0.15, 0.2) is 0 Å². The maximum Gasteiger partial charge on any atom is 0.253 e. The van der Waals surface area contributed by atoms with Crippen molar-refractivity contribution >= 4 is 23.4 Å². The van der Waals surface area contributed by atoms with Crippen molar-refractivity contribution < 1.29 is 9.53 Å². The van der Waals surface area contributed by atoms with Crippen LogP contribution in [0.25, 0.3) is 0 Å². The molecule has 1 fully saturated rings. The van der Waals surface area contributed by atoms with Crippen LogP contribution in [-0.2, 0) is 0 Å². The molecule has 1 saturated heterocycles. The Morgan fingerprint density at radius 2 is 1.72 bits per heavy atom. The molecule has 2 heterocycles. The number of hydrogen-bond donors (Lipinski definition) is 1. The summed E-state index contributed by atoms with van der Waals surface area (Å²) < 4.78 is 5.20. The van der Waals surface area contributed by atoms with E-state index in [1.165, 1.54) is 0 Å². The van der Waals surface area contributed by atoms with E-state index in [0.29, 0.717) is 49.1 Å². The lowest BCUT2D eigenvalue weighted by atomic mass is 10.1. The number of hydrogen-bond acceptors (Lipinski definition) is 7. The number of aryl methyl sites for hydroxylation is 1. The van der Waals surface area contributed by atoms with Crippen molar-refractivity contribution in [1.82, 2.24) is 14.9 Å². The zero-order valence-corrected chi connectivity index (χ0v) is 18.1. The zero-order valence-electron chi connectivity index (χ0n) is 18.1. The van der Waals surface area contributed by atoms with Crippen molar-refractivity contribution in [3.05, 3.63) is 71.4 Å². The summed E-state index contributed by atoms with van der Waals surface area (Å²) in [6.07, 6.45) is 0. The van der Waals surface area contributed by atoms with E-state index in [1.807, 2.05) is 42.2 Å². The molecule has 8 heteroatoms. The molecular weight excluding hydrogens is 404 g/mol. The van der Waals surface area contributed by atoms with E-state index in [4.69, 9.17) is 10.00 Å². The number of ether oxygens (including phenoxy) is 1. The van der Waals surface area contributed by atoms with Gasteiger partial charge in [0.2, 0.25) is 5.95 Å². The van der Waals surface area contributed by atoms with Gasteiger partial charge in [0.1, 0.15) is 11.6 Å². The molecule has 0 saturated carbocycles. The summed E-state index contributed by atoms with van der Waals surface area (Å²) in [4.78, 5) is 26.0. The Morgan fingerprint density at radius 3 is 2.34 bits per heavy atom. The van der Waals surface area contributed by atoms with Crippen molar-refractivity contribution in [1.29, 1.82) is 5.26 Å². The molecule has 1 amide bonds. The van der Waals surface area contributed by atoms with Crippen LogP contribution in [0.4, 0.5) is 17.5 Å². The Morgan fingerprint density at radius 1 is 1.03 bits per heavy atom. The molecule has 0 unspecified atom stereocenters. The van der Waals surface area contributed by atoms with E-state index < -0.39 is 0 Å². The van der Waals surface area contributed by atoms with Crippen LogP contribution in [0.5, 0.6) is 5.75 Å². The summed E-state index contributed by atoms with van der Waals surface area (Å²) in [5.41, 5.74) is 2.91. The maximum absolute atomic E-state index is 12.8. The van der Waals surface area contributed by atoms with Gasteiger partial charge in [0.05, 0.1) is 18.7 Å². The first-order valence-corrected chi connectivity index (χ1v) is 10.4. The summed E-state index contributed by atoms with van der Waals surface area (Å²) >= 11 is 0. The molecule has 1 aromatic heterocycles. The number of piperazine rings is 1. The quantitative estimate of drug-likeness (QED) is 0.666. The van der Waals surface area contributed by atoms with Gasteiger partial charge in [0.25, 0.3) is 5.91 Å². The van der Waals surface area contributed by atoms with Gasteiger partial charge in [-0.05, 0) is 55.5 Å². The van der Waals surface area contributed by atoms with Crippen molar-refractivity contribution in [2.75, 3.05) is 43.5 Å². The van der Waals surface area contributed by atoms with Gasteiger partial charge in [-0.1, -0.05) is 0 Å². The van der Waals surface area contributed by atoms with Crippen molar-refractivity contribution in [2.24, 2.45) is 0 Å². The first-order valence-electron chi connectivity index (χ1n) is 10.4. The number of aromatic nitrogens is 2. The second-order valence-corrected chi connectivity index (χ2v) is 7.52. The molecule has 4 rings (SSSR count). The van der Waals surface area contributed by atoms with Crippen LogP contribution < -0.4 is 15.0 Å². The van der Waals surface area contributed by atoms with Gasteiger partial charge in [0, 0.05) is 49.2 Å². The molecule has 0 atom stereocenters. The molecule has 3 aromatic rings. The number of methoxy groups -OCH3 is 1. The summed E-state index contributed by atoms with van der Waals surface area (Å²) in [5, 5.41) is 12.2. The predicted molar refractivity (Wildman–Crippen MR) is 122 cm³/mol. The maximum atomic E-state index is 12.8. The molecule has 8 nitrogen and oxygen atoms in total. The van der Waals surface area contributed by atoms with Crippen LogP contribution in [0.2, 0.25) is 0 Å². The van der Waals surface area contributed by atoms with Gasteiger partial charge in [-0.15, -0.1) is 0 Å². The van der Waals surface area contributed by atoms with E-state index in [0.717, 1.165) is 17.1 Å². The average Bonchev–Trinajstić information content (AvgIpc) is 2.84. The minimum absolute atomic E-state index is 0.0267. The Hall–Kier alpha value is -4.12. The van der Waals surface area contributed by atoms with Crippen LogP contribution in [0.3, 0.4) is 0 Å². The van der Waals surface area contributed by atoms with E-state index in [2.05, 4.69) is 26.3 Å². The van der Waals surface area contributed by atoms with Crippen LogP contribution in [0, 0.1) is 18.3 Å². The lowest BCUT2D eigenvalue weighted by Crippen LogP contribution is -2.49. The standard InChI is InChI=1S/C24H24N6O2/c1-17-15-22(27-20-7-9-21(32-2)10-8-20)28-24(26-17)30-13-11-29(12-14-30)23(31)19-5-3-18(16-25)4-6-19/h3-10,15H,11-14H2,1-2H3,(H,26,27,28). The number of carbonyl (C=O) groups excluding carboxylic acids is 1. The van der Waals surface area contributed by atoms with Gasteiger partial charge in [-0.3, -0.25) is 4.79 Å². The molecule has 1 N–H and O–H groups in total. The summed E-state index contributed by atoms with van der Waals surface area (Å²) in [7, 11) is 1.64. The minimum Gasteiger partial charge on any atom is -0.497 e. The molecule has 1 aliphatic heterocycles. The third-order valence-electron chi connectivity index (χ3n) is 5.32. The highest BCUT2D eigenvalue weighted by atomic mass is 16.5. The summed E-state index contributed by atoms with van der Waals surface area (Å²) in [6.45, 7) is 4.39. The normalized spacial score (nSPS) is 13.4. The molecular formula is C24H24N6O2. The topological polar surface area (TPSA) is 94.4 Å². The van der Waals surface area contributed by atoms with Crippen molar-refractivity contribution in [2.45, 2.75) is 6.92 Å². The Balaban J connectivity index is 1.41. The molecule has 0 bridgehead atoms. The predicted octanol–water partition coefficient (Wildman–Crippen LogP) is 3.37. The fourth-order valence-corrected chi connectivity index (χ4v) is 3.56. The smallest absolute Gasteiger partial charge is 0.253 e. The lowest BCUT2D eigenvalue weighted by Gasteiger charge is -2.35. The molecule has 0 radical (unpaired) electrons. The SMILES string of the molecule is COc1ccc(Nc2cc(C)nc(N3CCN(C(=O)c4ccc(C#N)cc4)CC3)n2)cc1. The van der Waals surface area contributed by atoms with Crippen LogP contribution in [0.1, 0.15) is 21.6 Å². The van der Waals surface area contributed by atoms with E-state index in [9.17, 15) is 4.79 Å². The average molecular weight is 428 g/mol. The van der Waals surface area contributed by atoms with Crippen molar-refractivity contribution in [3.8, 4) is 11.8 Å². The van der Waals surface area contributed by atoms with E-state index >= 15 is 0 Å². The van der Waals surface area contributed by atoms with E-state index in [-0.39, 0.29) is 5.91 Å². The van der Waals surface area contributed by atoms with Crippen molar-refractivity contribution in [3.63, 3.8) is 0 Å². The molecule has 0 spiro atoms. The number of benzene rings is 2. The van der Waals surface area contributed by atoms with Gasteiger partial charge in [-0.25, -0.2) is 4.98 Å². The second-order valence-electron chi connectivity index (χ2n) is 7.52. The minimum atomic E-state index is -0.0267. The molecule has 0 aliphatic carbocycles. The fraction of sp³-hybridized carbons (Fsp3) is 0.250. The van der Waals surface area contributed by atoms with Crippen LogP contribution in [-0.4, -0.2) is 54.1 Å². The van der Waals surface area contributed by atoms with Crippen LogP contribution >= 0.6 is 0 Å². The molecule has 162 valence electrons. The summed E-state index contributed by atoms with van der Waals surface area (Å²) in [5.74, 6) is 2.13. The number of nitriles is 1. The number of rotatable bonds is 5. The number of carbonyl (C=O) groups is 1. The second kappa shape index (κ2) is 9.35. The monoisotopic (exact) mass is 428 g/mol. The third-order valence-corrected chi connectivity index (χ3v) is 5.32. The number of nitrogens with one attached hydrogen (secondary N) is 1. The fourth-order valence-electron chi connectivity index (χ4n) is 3.56. The first kappa shape index (κ1) is 21.1. The molecule has 2 aromatic carbocycles. The van der Waals surface area contributed by atoms with Gasteiger partial charge in [-0.2, -0.15) is 10.2 Å². The van der Waals surface area contributed by atoms with Gasteiger partial charge >= 0.3 is 0 Å². The Labute approximate surface area is 187 Å². The zero-order chi connectivity index (χ0) is 22.5. The van der Waals surface area contributed by atoms with E-state index in [1.54, 1.807) is 31.4 Å². The number of nitrogens with zero attached hydrogens (tertiary/aromatic N) is 5.